The number of hydrogen-bond donors (Lipinski definition) is 1. The van der Waals surface area contributed by atoms with Crippen LogP contribution in [0, 0.1) is 0 Å². The number of anilines is 2. The lowest BCUT2D eigenvalue weighted by Crippen LogP contribution is -2.39. The number of nitrogens with one attached hydrogen (secondary N) is 1. The number of rotatable bonds is 7. The van der Waals surface area contributed by atoms with Gasteiger partial charge in [0.15, 0.2) is 5.82 Å². The van der Waals surface area contributed by atoms with Gasteiger partial charge in [0, 0.05) is 6.20 Å². The van der Waals surface area contributed by atoms with E-state index in [0.717, 1.165) is 12.0 Å². The number of aryl methyl sites for hydroxylation is 1. The van der Waals surface area contributed by atoms with Crippen LogP contribution in [-0.4, -0.2) is 35.7 Å². The van der Waals surface area contributed by atoms with Gasteiger partial charge in [0.05, 0.1) is 24.4 Å². The fraction of sp³-hybridized carbons (Fsp3) is 0.231. The van der Waals surface area contributed by atoms with Crippen molar-refractivity contribution in [1.29, 1.82) is 0 Å². The van der Waals surface area contributed by atoms with Gasteiger partial charge in [-0.3, -0.25) is 14.5 Å². The van der Waals surface area contributed by atoms with E-state index in [1.807, 2.05) is 43.3 Å². The summed E-state index contributed by atoms with van der Waals surface area (Å²) in [4.78, 5) is 36.6. The van der Waals surface area contributed by atoms with Crippen LogP contribution >= 0.6 is 0 Å². The first-order valence-corrected chi connectivity index (χ1v) is 11.0. The van der Waals surface area contributed by atoms with Gasteiger partial charge in [-0.05, 0) is 48.7 Å². The fourth-order valence-corrected chi connectivity index (χ4v) is 3.67. The van der Waals surface area contributed by atoms with Crippen molar-refractivity contribution in [2.24, 2.45) is 4.99 Å². The Kier molecular flexibility index (Phi) is 6.78. The highest BCUT2D eigenvalue weighted by atomic mass is 16.5. The number of fused-ring (bicyclic) bond motifs is 1. The molecule has 0 saturated heterocycles. The molecule has 33 heavy (non-hydrogen) atoms. The van der Waals surface area contributed by atoms with E-state index < -0.39 is 0 Å². The predicted octanol–water partition coefficient (Wildman–Crippen LogP) is 4.54. The molecular formula is C26H26N4O3. The number of benzene rings is 2. The van der Waals surface area contributed by atoms with E-state index in [4.69, 9.17) is 9.73 Å². The lowest BCUT2D eigenvalue weighted by atomic mass is 10.0. The van der Waals surface area contributed by atoms with Gasteiger partial charge >= 0.3 is 0 Å². The van der Waals surface area contributed by atoms with E-state index in [0.29, 0.717) is 35.3 Å². The van der Waals surface area contributed by atoms with Gasteiger partial charge in [-0.15, -0.1) is 0 Å². The predicted molar refractivity (Wildman–Crippen MR) is 129 cm³/mol. The molecule has 0 bridgehead atoms. The van der Waals surface area contributed by atoms with E-state index in [2.05, 4.69) is 17.2 Å². The molecule has 1 N–H and O–H groups in total. The van der Waals surface area contributed by atoms with Gasteiger partial charge in [-0.1, -0.05) is 43.3 Å². The summed E-state index contributed by atoms with van der Waals surface area (Å²) in [5.74, 6) is 0.369. The third kappa shape index (κ3) is 5.09. The maximum absolute atomic E-state index is 13.2. The maximum atomic E-state index is 13.2. The monoisotopic (exact) mass is 442 g/mol. The molecule has 0 saturated carbocycles. The zero-order valence-corrected chi connectivity index (χ0v) is 18.7. The van der Waals surface area contributed by atoms with Crippen molar-refractivity contribution >= 4 is 34.7 Å². The first kappa shape index (κ1) is 22.2. The first-order chi connectivity index (χ1) is 16.1. The number of para-hydroxylation sites is 2. The molecule has 1 aliphatic rings. The number of amides is 2. The second-order valence-corrected chi connectivity index (χ2v) is 7.59. The van der Waals surface area contributed by atoms with E-state index in [-0.39, 0.29) is 24.8 Å². The van der Waals surface area contributed by atoms with Gasteiger partial charge in [0.1, 0.15) is 18.0 Å². The Labute approximate surface area is 193 Å². The van der Waals surface area contributed by atoms with Crippen molar-refractivity contribution in [2.45, 2.75) is 26.7 Å². The van der Waals surface area contributed by atoms with Crippen molar-refractivity contribution in [2.75, 3.05) is 23.4 Å². The van der Waals surface area contributed by atoms with Gasteiger partial charge in [0.2, 0.25) is 11.8 Å². The smallest absolute Gasteiger partial charge is 0.244 e. The maximum Gasteiger partial charge on any atom is 0.244 e. The number of hydrogen-bond acceptors (Lipinski definition) is 5. The number of carbonyl (C=O) groups is 2. The van der Waals surface area contributed by atoms with Crippen molar-refractivity contribution in [3.05, 3.63) is 78.0 Å². The molecule has 1 aliphatic heterocycles. The highest BCUT2D eigenvalue weighted by Crippen LogP contribution is 2.31. The summed E-state index contributed by atoms with van der Waals surface area (Å²) in [5, 5.41) is 2.85. The average Bonchev–Trinajstić information content (AvgIpc) is 2.97. The highest BCUT2D eigenvalue weighted by molar-refractivity contribution is 6.18. The molecule has 2 heterocycles. The highest BCUT2D eigenvalue weighted by Gasteiger charge is 2.28. The van der Waals surface area contributed by atoms with E-state index >= 15 is 0 Å². The number of carbonyl (C=O) groups excluding carboxylic acids is 2. The van der Waals surface area contributed by atoms with Crippen LogP contribution in [0.2, 0.25) is 0 Å². The average molecular weight is 443 g/mol. The Morgan fingerprint density at radius 3 is 2.61 bits per heavy atom. The molecule has 3 aromatic rings. The number of aromatic nitrogens is 1. The minimum atomic E-state index is -0.345. The standard InChI is InChI=1S/C26H26N4O3/c1-3-18-11-13-19(14-12-18)22-16-25(32)30(26-21(28-22)9-7-15-27-26)17-24(31)29-20-8-5-6-10-23(20)33-4-2/h5-15H,3-4,16-17H2,1-2H3,(H,29,31). The van der Waals surface area contributed by atoms with Crippen LogP contribution in [0.5, 0.6) is 5.75 Å². The molecule has 0 unspecified atom stereocenters. The molecule has 0 aliphatic carbocycles. The SMILES string of the molecule is CCOc1ccccc1NC(=O)CN1C(=O)CC(c2ccc(CC)cc2)=Nc2cccnc21. The summed E-state index contributed by atoms with van der Waals surface area (Å²) >= 11 is 0. The van der Waals surface area contributed by atoms with E-state index in [9.17, 15) is 9.59 Å². The number of aliphatic imine (C=N–C) groups is 1. The normalized spacial score (nSPS) is 13.1. The molecule has 0 radical (unpaired) electrons. The number of ether oxygens (including phenoxy) is 1. The van der Waals surface area contributed by atoms with Crippen LogP contribution in [0.3, 0.4) is 0 Å². The zero-order valence-electron chi connectivity index (χ0n) is 18.7. The summed E-state index contributed by atoms with van der Waals surface area (Å²) in [7, 11) is 0. The van der Waals surface area contributed by atoms with Gasteiger partial charge in [0.25, 0.3) is 0 Å². The molecule has 0 fully saturated rings. The van der Waals surface area contributed by atoms with Crippen LogP contribution in [0.4, 0.5) is 17.2 Å². The van der Waals surface area contributed by atoms with Gasteiger partial charge in [-0.2, -0.15) is 0 Å². The molecule has 7 nitrogen and oxygen atoms in total. The molecule has 2 amide bonds. The summed E-state index contributed by atoms with van der Waals surface area (Å²) < 4.78 is 5.58. The van der Waals surface area contributed by atoms with E-state index in [1.54, 1.807) is 30.5 Å². The van der Waals surface area contributed by atoms with Crippen molar-refractivity contribution in [3.8, 4) is 5.75 Å². The minimum Gasteiger partial charge on any atom is -0.492 e. The summed E-state index contributed by atoms with van der Waals surface area (Å²) in [6.45, 7) is 4.28. The molecule has 168 valence electrons. The largest absolute Gasteiger partial charge is 0.492 e. The summed E-state index contributed by atoms with van der Waals surface area (Å²) in [6.07, 6.45) is 2.61. The Morgan fingerprint density at radius 2 is 1.85 bits per heavy atom. The minimum absolute atomic E-state index is 0.0741. The molecule has 7 heteroatoms. The second kappa shape index (κ2) is 10.1. The molecule has 0 spiro atoms. The molecule has 4 rings (SSSR count). The lowest BCUT2D eigenvalue weighted by molar-refractivity contribution is -0.120. The topological polar surface area (TPSA) is 83.9 Å². The van der Waals surface area contributed by atoms with Gasteiger partial charge < -0.3 is 10.1 Å². The van der Waals surface area contributed by atoms with E-state index in [1.165, 1.54) is 10.5 Å². The van der Waals surface area contributed by atoms with Crippen LogP contribution < -0.4 is 15.0 Å². The Morgan fingerprint density at radius 1 is 1.06 bits per heavy atom. The molecule has 2 aromatic carbocycles. The lowest BCUT2D eigenvalue weighted by Gasteiger charge is -2.21. The third-order valence-corrected chi connectivity index (χ3v) is 5.36. The first-order valence-electron chi connectivity index (χ1n) is 11.0. The Balaban J connectivity index is 1.58. The van der Waals surface area contributed by atoms with Crippen molar-refractivity contribution in [3.63, 3.8) is 0 Å². The fourth-order valence-electron chi connectivity index (χ4n) is 3.67. The second-order valence-electron chi connectivity index (χ2n) is 7.59. The quantitative estimate of drug-likeness (QED) is 0.582. The molecular weight excluding hydrogens is 416 g/mol. The van der Waals surface area contributed by atoms with Gasteiger partial charge in [-0.25, -0.2) is 9.98 Å². The number of pyridine rings is 1. The van der Waals surface area contributed by atoms with Crippen molar-refractivity contribution in [1.82, 2.24) is 4.98 Å². The summed E-state index contributed by atoms with van der Waals surface area (Å²) in [5.41, 5.74) is 3.86. The van der Waals surface area contributed by atoms with Crippen LogP contribution in [0.25, 0.3) is 0 Å². The Bertz CT molecular complexity index is 1190. The van der Waals surface area contributed by atoms with Crippen LogP contribution in [0.1, 0.15) is 31.4 Å². The summed E-state index contributed by atoms with van der Waals surface area (Å²) in [6, 6.07) is 18.8. The molecule has 1 aromatic heterocycles. The van der Waals surface area contributed by atoms with Crippen molar-refractivity contribution < 1.29 is 14.3 Å². The van der Waals surface area contributed by atoms with Crippen LogP contribution in [-0.2, 0) is 16.0 Å². The number of nitrogens with zero attached hydrogens (tertiary/aromatic N) is 3. The Hall–Kier alpha value is -4.00. The molecule has 0 atom stereocenters. The van der Waals surface area contributed by atoms with Crippen LogP contribution in [0.15, 0.2) is 71.9 Å². The third-order valence-electron chi connectivity index (χ3n) is 5.36. The zero-order chi connectivity index (χ0) is 23.2.